The van der Waals surface area contributed by atoms with Crippen LogP contribution in [-0.4, -0.2) is 18.5 Å². The van der Waals surface area contributed by atoms with Crippen LogP contribution in [0.15, 0.2) is 24.3 Å². The van der Waals surface area contributed by atoms with Gasteiger partial charge in [0.25, 0.3) is 0 Å². The van der Waals surface area contributed by atoms with Crippen molar-refractivity contribution in [1.29, 1.82) is 0 Å². The van der Waals surface area contributed by atoms with Gasteiger partial charge in [-0.2, -0.15) is 0 Å². The molecule has 1 nitrogen and oxygen atoms in total. The number of hydrogen-bond donors (Lipinski definition) is 0. The van der Waals surface area contributed by atoms with E-state index in [1.54, 1.807) is 0 Å². The summed E-state index contributed by atoms with van der Waals surface area (Å²) in [6.45, 7) is 4.04. The maximum Gasteiger partial charge on any atom is 0.0231 e. The summed E-state index contributed by atoms with van der Waals surface area (Å²) >= 11 is 0. The third kappa shape index (κ3) is 3.64. The summed E-state index contributed by atoms with van der Waals surface area (Å²) < 4.78 is 0. The van der Waals surface area contributed by atoms with Crippen molar-refractivity contribution in [3.05, 3.63) is 35.4 Å². The number of rotatable bonds is 4. The Labute approximate surface area is 86.7 Å². The molecule has 1 aromatic rings. The maximum absolute atomic E-state index is 5.21. The molecule has 0 aromatic heterocycles. The topological polar surface area (TPSA) is 3.24 Å². The summed E-state index contributed by atoms with van der Waals surface area (Å²) in [7, 11) is 2.09. The SMILES string of the molecule is C#CCCN(C)Cc1ccc(C)cc1. The van der Waals surface area contributed by atoms with E-state index in [2.05, 4.69) is 49.1 Å². The molecule has 1 heteroatoms. The molecule has 0 N–H and O–H groups in total. The molecule has 1 aromatic carbocycles. The van der Waals surface area contributed by atoms with Crippen molar-refractivity contribution in [3.8, 4) is 12.3 Å². The first-order chi connectivity index (χ1) is 6.72. The lowest BCUT2D eigenvalue weighted by Gasteiger charge is -2.14. The number of terminal acetylenes is 1. The molecule has 14 heavy (non-hydrogen) atoms. The Balaban J connectivity index is 2.44. The van der Waals surface area contributed by atoms with Crippen LogP contribution in [0, 0.1) is 19.3 Å². The van der Waals surface area contributed by atoms with E-state index in [-0.39, 0.29) is 0 Å². The Morgan fingerprint density at radius 1 is 1.29 bits per heavy atom. The molecule has 0 unspecified atom stereocenters. The summed E-state index contributed by atoms with van der Waals surface area (Å²) in [6, 6.07) is 8.62. The van der Waals surface area contributed by atoms with Crippen LogP contribution in [0.25, 0.3) is 0 Å². The Morgan fingerprint density at radius 2 is 1.93 bits per heavy atom. The predicted octanol–water partition coefficient (Wildman–Crippen LogP) is 2.45. The minimum absolute atomic E-state index is 0.822. The van der Waals surface area contributed by atoms with Gasteiger partial charge in [0.15, 0.2) is 0 Å². The molecule has 1 rings (SSSR count). The molecular formula is C13H17N. The molecule has 0 atom stereocenters. The van der Waals surface area contributed by atoms with Crippen molar-refractivity contribution >= 4 is 0 Å². The Kier molecular flexibility index (Phi) is 4.22. The van der Waals surface area contributed by atoms with E-state index < -0.39 is 0 Å². The molecule has 0 aliphatic heterocycles. The van der Waals surface area contributed by atoms with Crippen molar-refractivity contribution in [1.82, 2.24) is 4.90 Å². The molecule has 0 fully saturated rings. The van der Waals surface area contributed by atoms with Gasteiger partial charge >= 0.3 is 0 Å². The van der Waals surface area contributed by atoms with Crippen LogP contribution in [0.1, 0.15) is 17.5 Å². The first-order valence-electron chi connectivity index (χ1n) is 4.90. The van der Waals surface area contributed by atoms with Crippen molar-refractivity contribution in [2.24, 2.45) is 0 Å². The van der Waals surface area contributed by atoms with Gasteiger partial charge in [0.05, 0.1) is 0 Å². The highest BCUT2D eigenvalue weighted by Gasteiger charge is 1.98. The van der Waals surface area contributed by atoms with Gasteiger partial charge in [-0.1, -0.05) is 29.8 Å². The average molecular weight is 187 g/mol. The fraction of sp³-hybridized carbons (Fsp3) is 0.385. The third-order valence-corrected chi connectivity index (χ3v) is 2.21. The van der Waals surface area contributed by atoms with Crippen LogP contribution in [0.4, 0.5) is 0 Å². The van der Waals surface area contributed by atoms with Crippen LogP contribution in [-0.2, 0) is 6.54 Å². The van der Waals surface area contributed by atoms with Gasteiger partial charge in [0.1, 0.15) is 0 Å². The van der Waals surface area contributed by atoms with Crippen LogP contribution in [0.5, 0.6) is 0 Å². The van der Waals surface area contributed by atoms with Crippen LogP contribution in [0.3, 0.4) is 0 Å². The van der Waals surface area contributed by atoms with Gasteiger partial charge in [0.2, 0.25) is 0 Å². The van der Waals surface area contributed by atoms with Gasteiger partial charge in [-0.05, 0) is 19.5 Å². The number of nitrogens with zero attached hydrogens (tertiary/aromatic N) is 1. The molecule has 0 aliphatic carbocycles. The van der Waals surface area contributed by atoms with Gasteiger partial charge in [-0.3, -0.25) is 0 Å². The summed E-state index contributed by atoms with van der Waals surface area (Å²) in [5, 5.41) is 0. The first kappa shape index (κ1) is 10.8. The van der Waals surface area contributed by atoms with E-state index in [1.807, 2.05) is 0 Å². The summed E-state index contributed by atoms with van der Waals surface area (Å²) in [5.74, 6) is 2.65. The first-order valence-corrected chi connectivity index (χ1v) is 4.90. The fourth-order valence-corrected chi connectivity index (χ4v) is 1.34. The van der Waals surface area contributed by atoms with Crippen molar-refractivity contribution in [3.63, 3.8) is 0 Å². The van der Waals surface area contributed by atoms with E-state index in [1.165, 1.54) is 11.1 Å². The lowest BCUT2D eigenvalue weighted by Crippen LogP contribution is -2.18. The highest BCUT2D eigenvalue weighted by molar-refractivity contribution is 5.21. The van der Waals surface area contributed by atoms with Crippen LogP contribution < -0.4 is 0 Å². The van der Waals surface area contributed by atoms with Crippen LogP contribution in [0.2, 0.25) is 0 Å². The average Bonchev–Trinajstić information content (AvgIpc) is 2.18. The van der Waals surface area contributed by atoms with E-state index in [0.29, 0.717) is 0 Å². The summed E-state index contributed by atoms with van der Waals surface area (Å²) in [5.41, 5.74) is 2.65. The highest BCUT2D eigenvalue weighted by atomic mass is 15.1. The van der Waals surface area contributed by atoms with Gasteiger partial charge in [0, 0.05) is 19.5 Å². The molecular weight excluding hydrogens is 170 g/mol. The molecule has 0 heterocycles. The minimum Gasteiger partial charge on any atom is -0.301 e. The van der Waals surface area contributed by atoms with Gasteiger partial charge in [-0.25, -0.2) is 0 Å². The van der Waals surface area contributed by atoms with E-state index in [4.69, 9.17) is 6.42 Å². The second-order valence-electron chi connectivity index (χ2n) is 3.68. The second kappa shape index (κ2) is 5.47. The van der Waals surface area contributed by atoms with Gasteiger partial charge in [-0.15, -0.1) is 12.3 Å². The highest BCUT2D eigenvalue weighted by Crippen LogP contribution is 2.05. The molecule has 0 aliphatic rings. The minimum atomic E-state index is 0.822. The maximum atomic E-state index is 5.21. The zero-order chi connectivity index (χ0) is 10.4. The standard InChI is InChI=1S/C13H17N/c1-4-5-10-14(3)11-13-8-6-12(2)7-9-13/h1,6-9H,5,10-11H2,2-3H3. The van der Waals surface area contributed by atoms with Crippen molar-refractivity contribution < 1.29 is 0 Å². The molecule has 0 radical (unpaired) electrons. The molecule has 0 saturated heterocycles. The molecule has 0 amide bonds. The Morgan fingerprint density at radius 3 is 2.50 bits per heavy atom. The van der Waals surface area contributed by atoms with Crippen molar-refractivity contribution in [2.45, 2.75) is 19.9 Å². The third-order valence-electron chi connectivity index (χ3n) is 2.21. The van der Waals surface area contributed by atoms with E-state index >= 15 is 0 Å². The lowest BCUT2D eigenvalue weighted by atomic mass is 10.1. The number of benzene rings is 1. The van der Waals surface area contributed by atoms with Gasteiger partial charge < -0.3 is 4.90 Å². The lowest BCUT2D eigenvalue weighted by molar-refractivity contribution is 0.335. The Hall–Kier alpha value is -1.26. The smallest absolute Gasteiger partial charge is 0.0231 e. The zero-order valence-electron chi connectivity index (χ0n) is 8.96. The van der Waals surface area contributed by atoms with Crippen molar-refractivity contribution in [2.75, 3.05) is 13.6 Å². The normalized spacial score (nSPS) is 10.1. The predicted molar refractivity (Wildman–Crippen MR) is 61.0 cm³/mol. The molecule has 74 valence electrons. The number of hydrogen-bond acceptors (Lipinski definition) is 1. The van der Waals surface area contributed by atoms with E-state index in [0.717, 1.165) is 19.5 Å². The van der Waals surface area contributed by atoms with E-state index in [9.17, 15) is 0 Å². The quantitative estimate of drug-likeness (QED) is 0.654. The Bertz CT molecular complexity index is 305. The molecule has 0 saturated carbocycles. The summed E-state index contributed by atoms with van der Waals surface area (Å²) in [4.78, 5) is 2.24. The largest absolute Gasteiger partial charge is 0.301 e. The fourth-order valence-electron chi connectivity index (χ4n) is 1.34. The van der Waals surface area contributed by atoms with Crippen LogP contribution >= 0.6 is 0 Å². The zero-order valence-corrected chi connectivity index (χ0v) is 8.96. The molecule has 0 bridgehead atoms. The summed E-state index contributed by atoms with van der Waals surface area (Å²) in [6.07, 6.45) is 6.04. The monoisotopic (exact) mass is 187 g/mol. The molecule has 0 spiro atoms. The second-order valence-corrected chi connectivity index (χ2v) is 3.68. The number of aryl methyl sites for hydroxylation is 1.